The normalized spacial score (nSPS) is 17.6. The zero-order chi connectivity index (χ0) is 12.5. The summed E-state index contributed by atoms with van der Waals surface area (Å²) in [5.74, 6) is 0.406. The van der Waals surface area contributed by atoms with Crippen LogP contribution < -0.4 is 10.1 Å². The van der Waals surface area contributed by atoms with Gasteiger partial charge in [0.25, 0.3) is 0 Å². The summed E-state index contributed by atoms with van der Waals surface area (Å²) >= 11 is 5.85. The first-order valence-corrected chi connectivity index (χ1v) is 6.04. The van der Waals surface area contributed by atoms with E-state index in [0.29, 0.717) is 23.1 Å². The Bertz CT molecular complexity index is 571. The number of anilines is 1. The molecule has 92 valence electrons. The molecule has 1 atom stereocenters. The largest absolute Gasteiger partial charge is 0.489 e. The zero-order valence-electron chi connectivity index (χ0n) is 9.49. The van der Waals surface area contributed by atoms with Crippen molar-refractivity contribution in [3.05, 3.63) is 58.9 Å². The van der Waals surface area contributed by atoms with Crippen LogP contribution in [-0.4, -0.2) is 6.61 Å². The number of hydrogen-bond acceptors (Lipinski definition) is 2. The third-order valence-electron chi connectivity index (χ3n) is 2.95. The van der Waals surface area contributed by atoms with Crippen LogP contribution in [0.25, 0.3) is 0 Å². The maximum atomic E-state index is 13.2. The molecule has 0 amide bonds. The van der Waals surface area contributed by atoms with Crippen LogP contribution in [0.5, 0.6) is 5.75 Å². The quantitative estimate of drug-likeness (QED) is 0.839. The summed E-state index contributed by atoms with van der Waals surface area (Å²) < 4.78 is 18.8. The van der Waals surface area contributed by atoms with Gasteiger partial charge in [-0.1, -0.05) is 23.7 Å². The summed E-state index contributed by atoms with van der Waals surface area (Å²) in [5, 5.41) is 3.96. The average molecular weight is 264 g/mol. The van der Waals surface area contributed by atoms with Crippen LogP contribution >= 0.6 is 11.6 Å². The van der Waals surface area contributed by atoms with E-state index in [4.69, 9.17) is 16.3 Å². The fourth-order valence-corrected chi connectivity index (χ4v) is 2.14. The van der Waals surface area contributed by atoms with Crippen molar-refractivity contribution in [3.63, 3.8) is 0 Å². The van der Waals surface area contributed by atoms with Crippen LogP contribution in [0.4, 0.5) is 10.1 Å². The number of fused-ring (bicyclic) bond motifs is 1. The fourth-order valence-electron chi connectivity index (χ4n) is 2.02. The van der Waals surface area contributed by atoms with Gasteiger partial charge in [-0.15, -0.1) is 0 Å². The second-order valence-electron chi connectivity index (χ2n) is 4.20. The van der Waals surface area contributed by atoms with E-state index in [1.807, 2.05) is 24.3 Å². The molecule has 1 heterocycles. The predicted octanol–water partition coefficient (Wildman–Crippen LogP) is 4.02. The minimum Gasteiger partial charge on any atom is -0.489 e. The fraction of sp³-hybridized carbons (Fsp3) is 0.143. The maximum absolute atomic E-state index is 13.2. The molecule has 1 N–H and O–H groups in total. The second-order valence-corrected chi connectivity index (χ2v) is 4.64. The van der Waals surface area contributed by atoms with Crippen molar-refractivity contribution in [2.24, 2.45) is 0 Å². The molecule has 0 saturated heterocycles. The lowest BCUT2D eigenvalue weighted by molar-refractivity contribution is 0.286. The molecular formula is C14H11ClFNO. The van der Waals surface area contributed by atoms with Gasteiger partial charge in [0.1, 0.15) is 18.2 Å². The lowest BCUT2D eigenvalue weighted by Crippen LogP contribution is -2.23. The van der Waals surface area contributed by atoms with E-state index in [-0.39, 0.29) is 11.9 Å². The standard InChI is InChI=1S/C14H11ClFNO/c15-10-3-1-9(2-4-10)13-8-18-14-6-5-11(16)7-12(14)17-13/h1-7,13,17H,8H2. The SMILES string of the molecule is Fc1ccc2c(c1)NC(c1ccc(Cl)cc1)CO2. The van der Waals surface area contributed by atoms with Gasteiger partial charge in [0.15, 0.2) is 0 Å². The van der Waals surface area contributed by atoms with E-state index in [9.17, 15) is 4.39 Å². The van der Waals surface area contributed by atoms with Crippen molar-refractivity contribution in [1.29, 1.82) is 0 Å². The third-order valence-corrected chi connectivity index (χ3v) is 3.20. The first-order chi connectivity index (χ1) is 8.72. The lowest BCUT2D eigenvalue weighted by atomic mass is 10.1. The van der Waals surface area contributed by atoms with E-state index < -0.39 is 0 Å². The lowest BCUT2D eigenvalue weighted by Gasteiger charge is -2.27. The van der Waals surface area contributed by atoms with Crippen LogP contribution in [-0.2, 0) is 0 Å². The molecule has 2 aromatic rings. The van der Waals surface area contributed by atoms with Gasteiger partial charge in [0.2, 0.25) is 0 Å². The third kappa shape index (κ3) is 2.14. The smallest absolute Gasteiger partial charge is 0.142 e. The highest BCUT2D eigenvalue weighted by Gasteiger charge is 2.20. The molecule has 1 aliphatic rings. The first-order valence-electron chi connectivity index (χ1n) is 5.67. The summed E-state index contributed by atoms with van der Waals surface area (Å²) in [5.41, 5.74) is 1.75. The molecule has 3 rings (SSSR count). The van der Waals surface area contributed by atoms with E-state index in [2.05, 4.69) is 5.32 Å². The molecule has 2 aromatic carbocycles. The highest BCUT2D eigenvalue weighted by Crippen LogP contribution is 2.34. The minimum atomic E-state index is -0.276. The van der Waals surface area contributed by atoms with Crippen LogP contribution in [0.1, 0.15) is 11.6 Å². The number of halogens is 2. The Morgan fingerprint density at radius 2 is 1.94 bits per heavy atom. The minimum absolute atomic E-state index is 0.0107. The Balaban J connectivity index is 1.88. The highest BCUT2D eigenvalue weighted by atomic mass is 35.5. The first kappa shape index (κ1) is 11.4. The summed E-state index contributed by atoms with van der Waals surface area (Å²) in [6, 6.07) is 12.0. The van der Waals surface area contributed by atoms with Crippen LogP contribution in [0.3, 0.4) is 0 Å². The Labute approximate surface area is 109 Å². The van der Waals surface area contributed by atoms with Gasteiger partial charge in [0.05, 0.1) is 11.7 Å². The van der Waals surface area contributed by atoms with E-state index >= 15 is 0 Å². The Morgan fingerprint density at radius 1 is 1.17 bits per heavy atom. The molecule has 18 heavy (non-hydrogen) atoms. The summed E-state index contributed by atoms with van der Waals surface area (Å²) in [6.07, 6.45) is 0. The number of rotatable bonds is 1. The Morgan fingerprint density at radius 3 is 2.72 bits per heavy atom. The number of hydrogen-bond donors (Lipinski definition) is 1. The molecule has 1 unspecified atom stereocenters. The van der Waals surface area contributed by atoms with Gasteiger partial charge in [0, 0.05) is 11.1 Å². The Hall–Kier alpha value is -1.74. The second kappa shape index (κ2) is 4.50. The molecule has 1 aliphatic heterocycles. The predicted molar refractivity (Wildman–Crippen MR) is 69.7 cm³/mol. The van der Waals surface area contributed by atoms with Gasteiger partial charge in [-0.3, -0.25) is 0 Å². The van der Waals surface area contributed by atoms with Crippen molar-refractivity contribution >= 4 is 17.3 Å². The van der Waals surface area contributed by atoms with E-state index in [1.165, 1.54) is 12.1 Å². The molecular weight excluding hydrogens is 253 g/mol. The zero-order valence-corrected chi connectivity index (χ0v) is 10.2. The average Bonchev–Trinajstić information content (AvgIpc) is 2.38. The van der Waals surface area contributed by atoms with Gasteiger partial charge in [-0.25, -0.2) is 4.39 Å². The summed E-state index contributed by atoms with van der Waals surface area (Å²) in [4.78, 5) is 0. The highest BCUT2D eigenvalue weighted by molar-refractivity contribution is 6.30. The van der Waals surface area contributed by atoms with E-state index in [0.717, 1.165) is 5.56 Å². The van der Waals surface area contributed by atoms with Crippen LogP contribution in [0, 0.1) is 5.82 Å². The van der Waals surface area contributed by atoms with E-state index in [1.54, 1.807) is 6.07 Å². The summed E-state index contributed by atoms with van der Waals surface area (Å²) in [7, 11) is 0. The molecule has 0 aliphatic carbocycles. The number of ether oxygens (including phenoxy) is 1. The van der Waals surface area contributed by atoms with Crippen LogP contribution in [0.2, 0.25) is 5.02 Å². The van der Waals surface area contributed by atoms with Crippen molar-refractivity contribution in [2.45, 2.75) is 6.04 Å². The summed E-state index contributed by atoms with van der Waals surface area (Å²) in [6.45, 7) is 0.514. The molecule has 0 aromatic heterocycles. The van der Waals surface area contributed by atoms with Crippen molar-refractivity contribution in [1.82, 2.24) is 0 Å². The topological polar surface area (TPSA) is 21.3 Å². The van der Waals surface area contributed by atoms with Gasteiger partial charge < -0.3 is 10.1 Å². The van der Waals surface area contributed by atoms with Crippen molar-refractivity contribution in [3.8, 4) is 5.75 Å². The molecule has 4 heteroatoms. The number of benzene rings is 2. The van der Waals surface area contributed by atoms with Crippen molar-refractivity contribution < 1.29 is 9.13 Å². The molecule has 0 radical (unpaired) electrons. The number of nitrogens with one attached hydrogen (secondary N) is 1. The van der Waals surface area contributed by atoms with Gasteiger partial charge in [-0.05, 0) is 29.8 Å². The van der Waals surface area contributed by atoms with Crippen LogP contribution in [0.15, 0.2) is 42.5 Å². The maximum Gasteiger partial charge on any atom is 0.142 e. The van der Waals surface area contributed by atoms with Gasteiger partial charge >= 0.3 is 0 Å². The van der Waals surface area contributed by atoms with Gasteiger partial charge in [-0.2, -0.15) is 0 Å². The molecule has 2 nitrogen and oxygen atoms in total. The molecule has 0 fully saturated rings. The monoisotopic (exact) mass is 263 g/mol. The molecule has 0 spiro atoms. The molecule has 0 bridgehead atoms. The molecule has 0 saturated carbocycles. The van der Waals surface area contributed by atoms with Crippen molar-refractivity contribution in [2.75, 3.05) is 11.9 Å². The Kier molecular flexibility index (Phi) is 2.84.